The lowest BCUT2D eigenvalue weighted by molar-refractivity contribution is -0.141. The van der Waals surface area contributed by atoms with Gasteiger partial charge in [0, 0.05) is 12.3 Å². The lowest BCUT2D eigenvalue weighted by Crippen LogP contribution is -2.39. The van der Waals surface area contributed by atoms with Crippen LogP contribution in [-0.2, 0) is 32.0 Å². The molecule has 2 aliphatic heterocycles. The van der Waals surface area contributed by atoms with Crippen LogP contribution in [0.3, 0.4) is 0 Å². The number of ether oxygens (including phenoxy) is 2. The van der Waals surface area contributed by atoms with E-state index in [1.165, 1.54) is 0 Å². The molecule has 18 nitrogen and oxygen atoms in total. The summed E-state index contributed by atoms with van der Waals surface area (Å²) in [5.41, 5.74) is -1.75. The van der Waals surface area contributed by atoms with Crippen LogP contribution in [0.25, 0.3) is 0 Å². The largest absolute Gasteiger partial charge is 0.483 e. The zero-order valence-corrected chi connectivity index (χ0v) is 19.6. The van der Waals surface area contributed by atoms with E-state index in [-0.39, 0.29) is 0 Å². The van der Waals surface area contributed by atoms with E-state index in [1.807, 2.05) is 4.98 Å². The van der Waals surface area contributed by atoms with Crippen LogP contribution in [0.15, 0.2) is 21.9 Å². The molecule has 0 radical (unpaired) electrons. The van der Waals surface area contributed by atoms with Crippen LogP contribution in [0.4, 0.5) is 4.39 Å². The average molecular weight is 568 g/mol. The molecule has 2 aliphatic rings. The number of aromatic amines is 1. The molecule has 21 heteroatoms. The van der Waals surface area contributed by atoms with Gasteiger partial charge in [0.1, 0.15) is 49.4 Å². The average Bonchev–Trinajstić information content (AvgIpc) is 3.21. The summed E-state index contributed by atoms with van der Waals surface area (Å²) in [6.07, 6.45) is -15.7. The maximum atomic E-state index is 12.6. The highest BCUT2D eigenvalue weighted by Crippen LogP contribution is 2.61. The van der Waals surface area contributed by atoms with Crippen LogP contribution in [0.2, 0.25) is 0 Å². The number of hydrogen-bond acceptors (Lipinski definition) is 14. The first-order chi connectivity index (χ1) is 16.7. The lowest BCUT2D eigenvalue weighted by Gasteiger charge is -2.22. The van der Waals surface area contributed by atoms with Crippen LogP contribution in [0.5, 0.6) is 0 Å². The summed E-state index contributed by atoms with van der Waals surface area (Å²) in [6, 6.07) is 0.923. The van der Waals surface area contributed by atoms with Crippen molar-refractivity contribution in [1.82, 2.24) is 9.55 Å². The number of halogens is 1. The normalized spacial score (nSPS) is 36.9. The maximum absolute atomic E-state index is 12.6. The van der Waals surface area contributed by atoms with E-state index in [2.05, 4.69) is 13.4 Å². The smallest absolute Gasteiger partial charge is 0.388 e. The second kappa shape index (κ2) is 11.1. The van der Waals surface area contributed by atoms with E-state index in [0.29, 0.717) is 4.57 Å². The number of rotatable bonds is 10. The molecule has 8 N–H and O–H groups in total. The summed E-state index contributed by atoms with van der Waals surface area (Å²) in [7, 11) is -11.1. The monoisotopic (exact) mass is 568 g/mol. The van der Waals surface area contributed by atoms with Crippen molar-refractivity contribution in [1.29, 1.82) is 0 Å². The topological polar surface area (TPSA) is 277 Å². The molecule has 0 aromatic carbocycles. The van der Waals surface area contributed by atoms with Crippen molar-refractivity contribution < 1.29 is 71.7 Å². The number of phosphoric acid groups is 2. The van der Waals surface area contributed by atoms with Gasteiger partial charge in [0.15, 0.2) is 12.5 Å². The van der Waals surface area contributed by atoms with Gasteiger partial charge in [0.05, 0.1) is 6.61 Å². The first-order valence-corrected chi connectivity index (χ1v) is 12.9. The van der Waals surface area contributed by atoms with E-state index < -0.39 is 95.4 Å². The van der Waals surface area contributed by atoms with Crippen molar-refractivity contribution in [2.75, 3.05) is 13.3 Å². The van der Waals surface area contributed by atoms with Crippen molar-refractivity contribution >= 4 is 15.6 Å². The molecule has 0 saturated carbocycles. The molecule has 2 unspecified atom stereocenters. The fraction of sp³-hybridized carbons (Fsp3) is 0.733. The predicted octanol–water partition coefficient (Wildman–Crippen LogP) is -3.82. The van der Waals surface area contributed by atoms with Gasteiger partial charge in [-0.15, -0.1) is 0 Å². The van der Waals surface area contributed by atoms with E-state index in [9.17, 15) is 58.4 Å². The van der Waals surface area contributed by atoms with Crippen molar-refractivity contribution in [2.24, 2.45) is 0 Å². The number of phosphoric ester groups is 2. The number of hydrogen-bond donors (Lipinski definition) is 8. The fourth-order valence-corrected chi connectivity index (χ4v) is 5.52. The second-order valence-corrected chi connectivity index (χ2v) is 10.7. The third kappa shape index (κ3) is 6.53. The van der Waals surface area contributed by atoms with E-state index >= 15 is 0 Å². The molecule has 0 amide bonds. The van der Waals surface area contributed by atoms with Gasteiger partial charge in [0.25, 0.3) is 5.56 Å². The van der Waals surface area contributed by atoms with Gasteiger partial charge >= 0.3 is 21.3 Å². The van der Waals surface area contributed by atoms with Crippen molar-refractivity contribution in [2.45, 2.75) is 55.2 Å². The zero-order chi connectivity index (χ0) is 27.0. The molecule has 2 fully saturated rings. The van der Waals surface area contributed by atoms with Gasteiger partial charge in [-0.3, -0.25) is 23.4 Å². The molecule has 206 valence electrons. The van der Waals surface area contributed by atoms with Gasteiger partial charge in [0.2, 0.25) is 0 Å². The van der Waals surface area contributed by atoms with E-state index in [1.54, 1.807) is 0 Å². The number of aliphatic hydroxyl groups excluding tert-OH is 5. The van der Waals surface area contributed by atoms with Gasteiger partial charge < -0.3 is 44.8 Å². The van der Waals surface area contributed by atoms with Crippen molar-refractivity contribution in [3.05, 3.63) is 33.1 Å². The first-order valence-electron chi connectivity index (χ1n) is 9.94. The Kier molecular flexibility index (Phi) is 9.02. The Morgan fingerprint density at radius 3 is 2.33 bits per heavy atom. The molecule has 3 heterocycles. The minimum atomic E-state index is -5.59. The van der Waals surface area contributed by atoms with Crippen LogP contribution in [0.1, 0.15) is 6.23 Å². The summed E-state index contributed by atoms with van der Waals surface area (Å²) < 4.78 is 60.4. The summed E-state index contributed by atoms with van der Waals surface area (Å²) in [6.45, 7) is -2.44. The zero-order valence-electron chi connectivity index (χ0n) is 17.8. The minimum Gasteiger partial charge on any atom is -0.388 e. The molecular formula is C15H23FN2O16P2. The number of nitrogens with one attached hydrogen (secondary N) is 1. The van der Waals surface area contributed by atoms with Crippen molar-refractivity contribution in [3.63, 3.8) is 0 Å². The second-order valence-electron chi connectivity index (χ2n) is 7.66. The SMILES string of the molecule is O=c1ccn([C@@H]2O[C@H](COP(=O)(O)OP(=O)(O)O[C@H]3O[C@@H]([C@H](O)CF)[C@H](O)[C@H]3O)[C@@H](O)[C@H]2O)c(=O)[nH]1. The van der Waals surface area contributed by atoms with Crippen LogP contribution < -0.4 is 11.2 Å². The van der Waals surface area contributed by atoms with Crippen LogP contribution in [0, 0.1) is 0 Å². The van der Waals surface area contributed by atoms with Crippen molar-refractivity contribution in [3.8, 4) is 0 Å². The number of nitrogens with zero attached hydrogens (tertiary/aromatic N) is 1. The van der Waals surface area contributed by atoms with Crippen LogP contribution >= 0.6 is 15.6 Å². The Morgan fingerprint density at radius 2 is 1.72 bits per heavy atom. The number of aliphatic hydroxyl groups is 5. The fourth-order valence-electron chi connectivity index (χ4n) is 3.36. The third-order valence-corrected chi connectivity index (χ3v) is 7.70. The van der Waals surface area contributed by atoms with E-state index in [0.717, 1.165) is 12.3 Å². The molecule has 11 atom stereocenters. The molecule has 0 bridgehead atoms. The summed E-state index contributed by atoms with van der Waals surface area (Å²) in [5.74, 6) is 0. The van der Waals surface area contributed by atoms with Gasteiger partial charge in [-0.1, -0.05) is 0 Å². The Labute approximate surface area is 199 Å². The highest BCUT2D eigenvalue weighted by molar-refractivity contribution is 7.61. The summed E-state index contributed by atoms with van der Waals surface area (Å²) in [4.78, 5) is 44.4. The number of H-pyrrole nitrogens is 1. The third-order valence-electron chi connectivity index (χ3n) is 5.10. The number of alkyl halides is 1. The summed E-state index contributed by atoms with van der Waals surface area (Å²) >= 11 is 0. The molecule has 1 aromatic heterocycles. The van der Waals surface area contributed by atoms with Gasteiger partial charge in [-0.05, 0) is 0 Å². The molecule has 1 aromatic rings. The Hall–Kier alpha value is -1.41. The molecule has 0 aliphatic carbocycles. The molecule has 36 heavy (non-hydrogen) atoms. The minimum absolute atomic E-state index is 0.717. The quantitative estimate of drug-likeness (QED) is 0.126. The highest BCUT2D eigenvalue weighted by Gasteiger charge is 2.51. The Bertz CT molecular complexity index is 1130. The maximum Gasteiger partial charge on any atom is 0.483 e. The number of aromatic nitrogens is 2. The van der Waals surface area contributed by atoms with Crippen LogP contribution in [-0.4, -0.2) is 107 Å². The molecule has 2 saturated heterocycles. The molecule has 0 spiro atoms. The molecular weight excluding hydrogens is 545 g/mol. The Balaban J connectivity index is 1.60. The molecule has 3 rings (SSSR count). The standard InChI is InChI=1S/C15H23FN2O16P2/c16-3-5(19)12-9(22)11(24)14(32-12)33-36(28,29)34-35(26,27)30-4-6-8(21)10(23)13(31-6)18-2-1-7(20)17-15(18)25/h1-2,5-6,8-14,19,21-24H,3-4H2,(H,26,27)(H,28,29)(H,17,20,25)/t5-,6-,8-,9-,10-,11-,12+,13-,14-/m1/s1. The lowest BCUT2D eigenvalue weighted by atomic mass is 10.1. The Morgan fingerprint density at radius 1 is 1.06 bits per heavy atom. The first kappa shape index (κ1) is 29.2. The summed E-state index contributed by atoms with van der Waals surface area (Å²) in [5, 5.41) is 49.1. The predicted molar refractivity (Wildman–Crippen MR) is 108 cm³/mol. The van der Waals surface area contributed by atoms with Gasteiger partial charge in [-0.2, -0.15) is 4.31 Å². The highest BCUT2D eigenvalue weighted by atomic mass is 31.3. The van der Waals surface area contributed by atoms with Gasteiger partial charge in [-0.25, -0.2) is 18.3 Å². The van der Waals surface area contributed by atoms with E-state index in [4.69, 9.17) is 9.47 Å².